The molecule has 5 nitrogen and oxygen atoms in total. The summed E-state index contributed by atoms with van der Waals surface area (Å²) in [6.45, 7) is 1.52. The molecule has 0 aliphatic carbocycles. The molecule has 1 amide bonds. The molecule has 0 radical (unpaired) electrons. The summed E-state index contributed by atoms with van der Waals surface area (Å²) in [5.74, 6) is -3.44. The zero-order valence-electron chi connectivity index (χ0n) is 9.81. The van der Waals surface area contributed by atoms with Crippen molar-refractivity contribution in [2.24, 2.45) is 5.92 Å². The highest BCUT2D eigenvalue weighted by Gasteiger charge is 2.15. The van der Waals surface area contributed by atoms with E-state index in [1.54, 1.807) is 0 Å². The van der Waals surface area contributed by atoms with Crippen LogP contribution in [0.15, 0.2) is 18.2 Å². The third-order valence-corrected chi connectivity index (χ3v) is 2.41. The van der Waals surface area contributed by atoms with E-state index in [2.05, 4.69) is 5.32 Å². The van der Waals surface area contributed by atoms with Crippen LogP contribution in [0.4, 0.5) is 4.39 Å². The van der Waals surface area contributed by atoms with Crippen LogP contribution in [-0.4, -0.2) is 22.1 Å². The molecule has 0 aliphatic rings. The molecule has 18 heavy (non-hydrogen) atoms. The van der Waals surface area contributed by atoms with Crippen LogP contribution in [0.25, 0.3) is 0 Å². The van der Waals surface area contributed by atoms with Crippen LogP contribution in [0, 0.1) is 11.7 Å². The molecule has 0 saturated carbocycles. The molecule has 6 heteroatoms. The number of benzene rings is 1. The summed E-state index contributed by atoms with van der Waals surface area (Å²) in [5, 5.41) is 20.1. The zero-order valence-corrected chi connectivity index (χ0v) is 9.81. The minimum atomic E-state index is -1.04. The summed E-state index contributed by atoms with van der Waals surface area (Å²) in [5.41, 5.74) is 0.488. The van der Waals surface area contributed by atoms with Crippen molar-refractivity contribution in [1.29, 1.82) is 0 Å². The van der Waals surface area contributed by atoms with Crippen molar-refractivity contribution >= 4 is 11.9 Å². The average Bonchev–Trinajstić information content (AvgIpc) is 2.30. The SMILES string of the molecule is C[C@@H](CC(=O)NCc1ccc(O)c(F)c1)C(=O)O. The van der Waals surface area contributed by atoms with E-state index in [9.17, 15) is 14.0 Å². The monoisotopic (exact) mass is 255 g/mol. The molecule has 0 saturated heterocycles. The maximum Gasteiger partial charge on any atom is 0.306 e. The number of halogens is 1. The second-order valence-electron chi connectivity index (χ2n) is 4.01. The van der Waals surface area contributed by atoms with Gasteiger partial charge in [-0.05, 0) is 17.7 Å². The normalized spacial score (nSPS) is 11.9. The highest BCUT2D eigenvalue weighted by Crippen LogP contribution is 2.15. The summed E-state index contributed by atoms with van der Waals surface area (Å²) in [7, 11) is 0. The molecule has 0 unspecified atom stereocenters. The lowest BCUT2D eigenvalue weighted by atomic mass is 10.1. The summed E-state index contributed by atoms with van der Waals surface area (Å²) in [4.78, 5) is 21.9. The quantitative estimate of drug-likeness (QED) is 0.739. The largest absolute Gasteiger partial charge is 0.505 e. The third kappa shape index (κ3) is 4.04. The second-order valence-corrected chi connectivity index (χ2v) is 4.01. The van der Waals surface area contributed by atoms with Gasteiger partial charge in [-0.3, -0.25) is 9.59 Å². The number of rotatable bonds is 5. The number of carboxylic acid groups (broad SMARTS) is 1. The van der Waals surface area contributed by atoms with Gasteiger partial charge in [0.25, 0.3) is 0 Å². The van der Waals surface area contributed by atoms with Crippen molar-refractivity contribution in [3.8, 4) is 5.75 Å². The van der Waals surface area contributed by atoms with Gasteiger partial charge in [0.2, 0.25) is 5.91 Å². The van der Waals surface area contributed by atoms with Gasteiger partial charge in [0.05, 0.1) is 5.92 Å². The van der Waals surface area contributed by atoms with E-state index in [1.807, 2.05) is 0 Å². The number of hydrogen-bond donors (Lipinski definition) is 3. The maximum absolute atomic E-state index is 13.0. The lowest BCUT2D eigenvalue weighted by Gasteiger charge is -2.08. The zero-order chi connectivity index (χ0) is 13.7. The van der Waals surface area contributed by atoms with E-state index in [1.165, 1.54) is 19.1 Å². The van der Waals surface area contributed by atoms with Crippen molar-refractivity contribution in [1.82, 2.24) is 5.32 Å². The van der Waals surface area contributed by atoms with E-state index in [0.717, 1.165) is 6.07 Å². The molecule has 0 bridgehead atoms. The molecular weight excluding hydrogens is 241 g/mol. The molecule has 0 fully saturated rings. The van der Waals surface area contributed by atoms with E-state index in [-0.39, 0.29) is 13.0 Å². The number of amides is 1. The first-order chi connectivity index (χ1) is 8.40. The van der Waals surface area contributed by atoms with Crippen LogP contribution in [0.5, 0.6) is 5.75 Å². The predicted molar refractivity (Wildman–Crippen MR) is 61.3 cm³/mol. The van der Waals surface area contributed by atoms with Crippen molar-refractivity contribution < 1.29 is 24.2 Å². The summed E-state index contributed by atoms with van der Waals surface area (Å²) >= 11 is 0. The number of phenolic OH excluding ortho intramolecular Hbond substituents is 1. The van der Waals surface area contributed by atoms with Crippen molar-refractivity contribution in [3.63, 3.8) is 0 Å². The number of carboxylic acids is 1. The Kier molecular flexibility index (Phi) is 4.65. The third-order valence-electron chi connectivity index (χ3n) is 2.41. The van der Waals surface area contributed by atoms with Crippen molar-refractivity contribution in [2.45, 2.75) is 19.9 Å². The Morgan fingerprint density at radius 1 is 1.44 bits per heavy atom. The first kappa shape index (κ1) is 14.0. The fraction of sp³-hybridized carbons (Fsp3) is 0.333. The lowest BCUT2D eigenvalue weighted by Crippen LogP contribution is -2.26. The number of carbonyl (C=O) groups is 2. The van der Waals surface area contributed by atoms with Gasteiger partial charge in [-0.2, -0.15) is 0 Å². The van der Waals surface area contributed by atoms with E-state index < -0.39 is 29.4 Å². The van der Waals surface area contributed by atoms with Crippen LogP contribution >= 0.6 is 0 Å². The molecule has 3 N–H and O–H groups in total. The summed E-state index contributed by atoms with van der Waals surface area (Å²) in [6.07, 6.45) is -0.129. The molecule has 1 atom stereocenters. The highest BCUT2D eigenvalue weighted by atomic mass is 19.1. The molecule has 1 aromatic carbocycles. The molecule has 0 spiro atoms. The van der Waals surface area contributed by atoms with Gasteiger partial charge in [-0.1, -0.05) is 13.0 Å². The highest BCUT2D eigenvalue weighted by molar-refractivity contribution is 5.81. The van der Waals surface area contributed by atoms with Crippen LogP contribution in [0.2, 0.25) is 0 Å². The topological polar surface area (TPSA) is 86.6 Å². The van der Waals surface area contributed by atoms with Gasteiger partial charge < -0.3 is 15.5 Å². The number of carbonyl (C=O) groups excluding carboxylic acids is 1. The Balaban J connectivity index is 2.47. The van der Waals surface area contributed by atoms with Gasteiger partial charge in [-0.25, -0.2) is 4.39 Å². The number of aromatic hydroxyl groups is 1. The average molecular weight is 255 g/mol. The van der Waals surface area contributed by atoms with E-state index in [4.69, 9.17) is 10.2 Å². The molecule has 0 aromatic heterocycles. The Morgan fingerprint density at radius 2 is 2.11 bits per heavy atom. The van der Waals surface area contributed by atoms with Crippen LogP contribution in [0.1, 0.15) is 18.9 Å². The van der Waals surface area contributed by atoms with Gasteiger partial charge in [-0.15, -0.1) is 0 Å². The minimum Gasteiger partial charge on any atom is -0.505 e. The molecule has 1 rings (SSSR count). The number of nitrogens with one attached hydrogen (secondary N) is 1. The van der Waals surface area contributed by atoms with Gasteiger partial charge >= 0.3 is 5.97 Å². The number of aliphatic carboxylic acids is 1. The van der Waals surface area contributed by atoms with E-state index >= 15 is 0 Å². The Bertz CT molecular complexity index is 461. The number of phenols is 1. The van der Waals surface area contributed by atoms with Gasteiger partial charge in [0.1, 0.15) is 0 Å². The summed E-state index contributed by atoms with van der Waals surface area (Å²) < 4.78 is 13.0. The Hall–Kier alpha value is -2.11. The van der Waals surface area contributed by atoms with Gasteiger partial charge in [0.15, 0.2) is 11.6 Å². The smallest absolute Gasteiger partial charge is 0.306 e. The Morgan fingerprint density at radius 3 is 2.67 bits per heavy atom. The minimum absolute atomic E-state index is 0.0857. The van der Waals surface area contributed by atoms with Gasteiger partial charge in [0, 0.05) is 13.0 Å². The molecule has 1 aromatic rings. The number of hydrogen-bond acceptors (Lipinski definition) is 3. The molecular formula is C12H14FNO4. The fourth-order valence-electron chi connectivity index (χ4n) is 1.30. The van der Waals surface area contributed by atoms with Crippen LogP contribution < -0.4 is 5.32 Å². The second kappa shape index (κ2) is 6.00. The molecule has 0 aliphatic heterocycles. The molecule has 0 heterocycles. The molecule has 98 valence electrons. The fourth-order valence-corrected chi connectivity index (χ4v) is 1.30. The lowest BCUT2D eigenvalue weighted by molar-refractivity contribution is -0.143. The first-order valence-electron chi connectivity index (χ1n) is 5.37. The maximum atomic E-state index is 13.0. The van der Waals surface area contributed by atoms with E-state index in [0.29, 0.717) is 5.56 Å². The van der Waals surface area contributed by atoms with Crippen molar-refractivity contribution in [3.05, 3.63) is 29.6 Å². The predicted octanol–water partition coefficient (Wildman–Crippen LogP) is 1.26. The standard InChI is InChI=1S/C12H14FNO4/c1-7(12(17)18)4-11(16)14-6-8-2-3-10(15)9(13)5-8/h2-3,5,7,15H,4,6H2,1H3,(H,14,16)(H,17,18)/t7-/m0/s1. The Labute approximate surface area is 103 Å². The first-order valence-corrected chi connectivity index (χ1v) is 5.37. The van der Waals surface area contributed by atoms with Crippen molar-refractivity contribution in [2.75, 3.05) is 0 Å². The van der Waals surface area contributed by atoms with Crippen LogP contribution in [-0.2, 0) is 16.1 Å². The van der Waals surface area contributed by atoms with Crippen LogP contribution in [0.3, 0.4) is 0 Å². The summed E-state index contributed by atoms with van der Waals surface area (Å²) in [6, 6.07) is 3.77.